The van der Waals surface area contributed by atoms with Crippen LogP contribution in [0.2, 0.25) is 0 Å². The van der Waals surface area contributed by atoms with Gasteiger partial charge >= 0.3 is 0 Å². The van der Waals surface area contributed by atoms with E-state index in [0.29, 0.717) is 5.75 Å². The molecule has 94 valence electrons. The molecule has 0 heterocycles. The molecule has 0 aliphatic rings. The van der Waals surface area contributed by atoms with Crippen LogP contribution in [0.4, 0.5) is 4.39 Å². The SMILES string of the molecule is CC(Oc1ccc(F)cc1)C(N)c1ccccc1. The van der Waals surface area contributed by atoms with Gasteiger partial charge in [-0.15, -0.1) is 0 Å². The monoisotopic (exact) mass is 245 g/mol. The molecule has 0 saturated carbocycles. The van der Waals surface area contributed by atoms with Crippen LogP contribution in [0.3, 0.4) is 0 Å². The number of nitrogens with two attached hydrogens (primary N) is 1. The Morgan fingerprint density at radius 1 is 1.00 bits per heavy atom. The van der Waals surface area contributed by atoms with E-state index in [2.05, 4.69) is 0 Å². The molecule has 0 aliphatic carbocycles. The van der Waals surface area contributed by atoms with Crippen molar-refractivity contribution in [3.8, 4) is 5.75 Å². The van der Waals surface area contributed by atoms with Crippen LogP contribution >= 0.6 is 0 Å². The summed E-state index contributed by atoms with van der Waals surface area (Å²) in [7, 11) is 0. The molecule has 2 atom stereocenters. The van der Waals surface area contributed by atoms with Crippen molar-refractivity contribution in [3.63, 3.8) is 0 Å². The topological polar surface area (TPSA) is 35.2 Å². The third kappa shape index (κ3) is 3.08. The van der Waals surface area contributed by atoms with Gasteiger partial charge in [0.05, 0.1) is 6.04 Å². The summed E-state index contributed by atoms with van der Waals surface area (Å²) in [5, 5.41) is 0. The molecule has 0 amide bonds. The lowest BCUT2D eigenvalue weighted by Gasteiger charge is -2.21. The number of ether oxygens (including phenoxy) is 1. The van der Waals surface area contributed by atoms with Gasteiger partial charge in [0.1, 0.15) is 17.7 Å². The van der Waals surface area contributed by atoms with Gasteiger partial charge in [0.25, 0.3) is 0 Å². The van der Waals surface area contributed by atoms with Crippen molar-refractivity contribution in [2.24, 2.45) is 5.73 Å². The highest BCUT2D eigenvalue weighted by molar-refractivity contribution is 5.24. The van der Waals surface area contributed by atoms with Gasteiger partial charge in [-0.3, -0.25) is 0 Å². The van der Waals surface area contributed by atoms with Gasteiger partial charge in [-0.25, -0.2) is 4.39 Å². The van der Waals surface area contributed by atoms with Gasteiger partial charge in [0.15, 0.2) is 0 Å². The molecule has 2 unspecified atom stereocenters. The highest BCUT2D eigenvalue weighted by Gasteiger charge is 2.16. The maximum atomic E-state index is 12.8. The van der Waals surface area contributed by atoms with E-state index in [-0.39, 0.29) is 18.0 Å². The summed E-state index contributed by atoms with van der Waals surface area (Å²) in [4.78, 5) is 0. The first-order chi connectivity index (χ1) is 8.66. The lowest BCUT2D eigenvalue weighted by Crippen LogP contribution is -2.28. The van der Waals surface area contributed by atoms with Gasteiger partial charge in [0, 0.05) is 0 Å². The molecule has 2 aromatic rings. The van der Waals surface area contributed by atoms with Crippen molar-refractivity contribution >= 4 is 0 Å². The van der Waals surface area contributed by atoms with E-state index in [1.54, 1.807) is 12.1 Å². The van der Waals surface area contributed by atoms with Gasteiger partial charge < -0.3 is 10.5 Å². The summed E-state index contributed by atoms with van der Waals surface area (Å²) in [6.07, 6.45) is -0.183. The van der Waals surface area contributed by atoms with Crippen molar-refractivity contribution in [2.45, 2.75) is 19.1 Å². The summed E-state index contributed by atoms with van der Waals surface area (Å²) < 4.78 is 18.5. The normalized spacial score (nSPS) is 13.9. The molecular formula is C15H16FNO. The average Bonchev–Trinajstić information content (AvgIpc) is 2.41. The highest BCUT2D eigenvalue weighted by Crippen LogP contribution is 2.20. The van der Waals surface area contributed by atoms with E-state index in [0.717, 1.165) is 5.56 Å². The Balaban J connectivity index is 2.03. The molecule has 0 spiro atoms. The second-order valence-electron chi connectivity index (χ2n) is 4.21. The number of halogens is 1. The molecule has 2 rings (SSSR count). The molecular weight excluding hydrogens is 229 g/mol. The van der Waals surface area contributed by atoms with Crippen LogP contribution in [-0.4, -0.2) is 6.10 Å². The summed E-state index contributed by atoms with van der Waals surface area (Å²) in [5.74, 6) is 0.345. The molecule has 2 nitrogen and oxygen atoms in total. The Labute approximate surface area is 106 Å². The second-order valence-corrected chi connectivity index (χ2v) is 4.21. The predicted molar refractivity (Wildman–Crippen MR) is 69.9 cm³/mol. The van der Waals surface area contributed by atoms with Crippen molar-refractivity contribution in [1.29, 1.82) is 0 Å². The minimum absolute atomic E-state index is 0.183. The molecule has 0 saturated heterocycles. The first-order valence-corrected chi connectivity index (χ1v) is 5.89. The van der Waals surface area contributed by atoms with Gasteiger partial charge in [0.2, 0.25) is 0 Å². The third-order valence-electron chi connectivity index (χ3n) is 2.83. The fourth-order valence-corrected chi connectivity index (χ4v) is 1.75. The number of benzene rings is 2. The predicted octanol–water partition coefficient (Wildman–Crippen LogP) is 3.29. The molecule has 0 aliphatic heterocycles. The average molecular weight is 245 g/mol. The van der Waals surface area contributed by atoms with E-state index in [9.17, 15) is 4.39 Å². The van der Waals surface area contributed by atoms with Crippen LogP contribution in [0.1, 0.15) is 18.5 Å². The first-order valence-electron chi connectivity index (χ1n) is 5.89. The lowest BCUT2D eigenvalue weighted by atomic mass is 10.0. The number of hydrogen-bond acceptors (Lipinski definition) is 2. The van der Waals surface area contributed by atoms with Gasteiger partial charge in [-0.05, 0) is 36.8 Å². The zero-order chi connectivity index (χ0) is 13.0. The van der Waals surface area contributed by atoms with E-state index >= 15 is 0 Å². The second kappa shape index (κ2) is 5.65. The molecule has 3 heteroatoms. The minimum Gasteiger partial charge on any atom is -0.489 e. The van der Waals surface area contributed by atoms with Gasteiger partial charge in [-0.1, -0.05) is 30.3 Å². The maximum absolute atomic E-state index is 12.8. The van der Waals surface area contributed by atoms with Crippen LogP contribution in [0.5, 0.6) is 5.75 Å². The Morgan fingerprint density at radius 3 is 2.22 bits per heavy atom. The molecule has 0 bridgehead atoms. The molecule has 0 aromatic heterocycles. The van der Waals surface area contributed by atoms with E-state index in [1.807, 2.05) is 37.3 Å². The fourth-order valence-electron chi connectivity index (χ4n) is 1.75. The molecule has 18 heavy (non-hydrogen) atoms. The maximum Gasteiger partial charge on any atom is 0.123 e. The zero-order valence-corrected chi connectivity index (χ0v) is 10.2. The Kier molecular flexibility index (Phi) is 3.95. The van der Waals surface area contributed by atoms with E-state index in [1.165, 1.54) is 12.1 Å². The number of rotatable bonds is 4. The lowest BCUT2D eigenvalue weighted by molar-refractivity contribution is 0.190. The van der Waals surface area contributed by atoms with Crippen molar-refractivity contribution < 1.29 is 9.13 Å². The number of hydrogen-bond donors (Lipinski definition) is 1. The smallest absolute Gasteiger partial charge is 0.123 e. The van der Waals surface area contributed by atoms with Crippen molar-refractivity contribution in [2.75, 3.05) is 0 Å². The molecule has 2 N–H and O–H groups in total. The van der Waals surface area contributed by atoms with Crippen molar-refractivity contribution in [3.05, 3.63) is 66.0 Å². The Hall–Kier alpha value is -1.87. The molecule has 0 radical (unpaired) electrons. The Bertz CT molecular complexity index is 484. The van der Waals surface area contributed by atoms with E-state index < -0.39 is 0 Å². The minimum atomic E-state index is -0.276. The van der Waals surface area contributed by atoms with Crippen LogP contribution in [0, 0.1) is 5.82 Å². The van der Waals surface area contributed by atoms with Gasteiger partial charge in [-0.2, -0.15) is 0 Å². The molecule has 2 aromatic carbocycles. The van der Waals surface area contributed by atoms with Crippen LogP contribution in [0.25, 0.3) is 0 Å². The summed E-state index contributed by atoms with van der Waals surface area (Å²) in [5.41, 5.74) is 7.14. The quantitative estimate of drug-likeness (QED) is 0.897. The zero-order valence-electron chi connectivity index (χ0n) is 10.2. The van der Waals surface area contributed by atoms with Crippen LogP contribution in [0.15, 0.2) is 54.6 Å². The van der Waals surface area contributed by atoms with Crippen LogP contribution in [-0.2, 0) is 0 Å². The Morgan fingerprint density at radius 2 is 1.61 bits per heavy atom. The largest absolute Gasteiger partial charge is 0.489 e. The summed E-state index contributed by atoms with van der Waals surface area (Å²) in [6, 6.07) is 15.5. The standard InChI is InChI=1S/C15H16FNO/c1-11(15(17)12-5-3-2-4-6-12)18-14-9-7-13(16)8-10-14/h2-11,15H,17H2,1H3. The fraction of sp³-hybridized carbons (Fsp3) is 0.200. The van der Waals surface area contributed by atoms with E-state index in [4.69, 9.17) is 10.5 Å². The summed E-state index contributed by atoms with van der Waals surface area (Å²) >= 11 is 0. The van der Waals surface area contributed by atoms with Crippen LogP contribution < -0.4 is 10.5 Å². The highest BCUT2D eigenvalue weighted by atomic mass is 19.1. The van der Waals surface area contributed by atoms with Crippen molar-refractivity contribution in [1.82, 2.24) is 0 Å². The molecule has 0 fully saturated rings. The third-order valence-corrected chi connectivity index (χ3v) is 2.83. The summed E-state index contributed by atoms with van der Waals surface area (Å²) in [6.45, 7) is 1.90. The first kappa shape index (κ1) is 12.6.